The first kappa shape index (κ1) is 12.6. The molecule has 0 amide bonds. The number of fused-ring (bicyclic) bond motifs is 1. The highest BCUT2D eigenvalue weighted by atomic mass is 79.9. The number of hydrogen-bond donors (Lipinski definition) is 1. The molecule has 98 valence electrons. The molecule has 1 aliphatic heterocycles. The second-order valence-corrected chi connectivity index (χ2v) is 5.75. The fraction of sp³-hybridized carbons (Fsp3) is 0.267. The topological polar surface area (TPSA) is 42.4 Å². The number of ether oxygens (including phenoxy) is 1. The van der Waals surface area contributed by atoms with Crippen molar-refractivity contribution < 1.29 is 9.84 Å². The summed E-state index contributed by atoms with van der Waals surface area (Å²) in [6.45, 7) is 2.01. The molecule has 2 aromatic rings. The number of aliphatic hydroxyl groups excluding tert-OH is 1. The number of aliphatic hydroxyl groups is 1. The lowest BCUT2D eigenvalue weighted by molar-refractivity contribution is 0.0655. The van der Waals surface area contributed by atoms with Crippen molar-refractivity contribution in [3.05, 3.63) is 57.8 Å². The average molecular weight is 320 g/mol. The third-order valence-corrected chi connectivity index (χ3v) is 3.76. The quantitative estimate of drug-likeness (QED) is 0.871. The smallest absolute Gasteiger partial charge is 0.128 e. The molecule has 0 aliphatic carbocycles. The summed E-state index contributed by atoms with van der Waals surface area (Å²) in [6, 6.07) is 7.87. The van der Waals surface area contributed by atoms with Crippen molar-refractivity contribution in [1.82, 2.24) is 4.98 Å². The first-order chi connectivity index (χ1) is 9.13. The predicted octanol–water partition coefficient (Wildman–Crippen LogP) is 3.71. The van der Waals surface area contributed by atoms with Gasteiger partial charge in [0.15, 0.2) is 0 Å². The van der Waals surface area contributed by atoms with E-state index in [2.05, 4.69) is 20.9 Å². The average Bonchev–Trinajstić information content (AvgIpc) is 2.39. The highest BCUT2D eigenvalue weighted by Gasteiger charge is 2.28. The molecule has 1 aromatic heterocycles. The molecule has 0 saturated carbocycles. The van der Waals surface area contributed by atoms with E-state index in [1.807, 2.05) is 31.2 Å². The van der Waals surface area contributed by atoms with E-state index in [-0.39, 0.29) is 6.10 Å². The molecule has 0 radical (unpaired) electrons. The van der Waals surface area contributed by atoms with Gasteiger partial charge in [-0.25, -0.2) is 0 Å². The molecular formula is C15H14BrNO2. The van der Waals surface area contributed by atoms with E-state index in [1.165, 1.54) is 0 Å². The summed E-state index contributed by atoms with van der Waals surface area (Å²) in [5, 5.41) is 10.3. The normalized spacial score (nSPS) is 21.6. The van der Waals surface area contributed by atoms with Crippen LogP contribution < -0.4 is 4.74 Å². The number of benzene rings is 1. The van der Waals surface area contributed by atoms with Gasteiger partial charge in [0.1, 0.15) is 11.9 Å². The summed E-state index contributed by atoms with van der Waals surface area (Å²) in [6.07, 6.45) is 3.42. The maximum Gasteiger partial charge on any atom is 0.128 e. The van der Waals surface area contributed by atoms with Gasteiger partial charge in [-0.3, -0.25) is 4.98 Å². The van der Waals surface area contributed by atoms with Crippen molar-refractivity contribution in [2.75, 3.05) is 0 Å². The van der Waals surface area contributed by atoms with Gasteiger partial charge in [-0.05, 0) is 41.1 Å². The fourth-order valence-electron chi connectivity index (χ4n) is 2.38. The number of aromatic nitrogens is 1. The van der Waals surface area contributed by atoms with Crippen molar-refractivity contribution >= 4 is 15.9 Å². The summed E-state index contributed by atoms with van der Waals surface area (Å²) in [7, 11) is 0. The minimum absolute atomic E-state index is 0.157. The standard InChI is InChI=1S/C15H14BrNO2/c1-9-2-3-14-12(4-9)13(18)6-15(19-14)10-5-11(16)8-17-7-10/h2-5,7-8,13,15,18H,6H2,1H3. The van der Waals surface area contributed by atoms with Crippen molar-refractivity contribution in [3.63, 3.8) is 0 Å². The van der Waals surface area contributed by atoms with Crippen molar-refractivity contribution in [2.24, 2.45) is 0 Å². The summed E-state index contributed by atoms with van der Waals surface area (Å²) in [5.41, 5.74) is 2.97. The van der Waals surface area contributed by atoms with Crippen LogP contribution in [0.4, 0.5) is 0 Å². The third kappa shape index (κ3) is 2.51. The molecule has 2 heterocycles. The van der Waals surface area contributed by atoms with E-state index in [0.29, 0.717) is 6.42 Å². The highest BCUT2D eigenvalue weighted by molar-refractivity contribution is 9.10. The Labute approximate surface area is 120 Å². The zero-order valence-electron chi connectivity index (χ0n) is 10.5. The third-order valence-electron chi connectivity index (χ3n) is 3.33. The molecule has 1 N–H and O–H groups in total. The van der Waals surface area contributed by atoms with E-state index in [1.54, 1.807) is 12.4 Å². The molecule has 0 spiro atoms. The van der Waals surface area contributed by atoms with Gasteiger partial charge in [0.25, 0.3) is 0 Å². The Bertz CT molecular complexity index is 615. The second kappa shape index (κ2) is 4.94. The minimum Gasteiger partial charge on any atom is -0.485 e. The predicted molar refractivity (Wildman–Crippen MR) is 76.1 cm³/mol. The van der Waals surface area contributed by atoms with Crippen molar-refractivity contribution in [3.8, 4) is 5.75 Å². The monoisotopic (exact) mass is 319 g/mol. The Morgan fingerprint density at radius 3 is 2.95 bits per heavy atom. The second-order valence-electron chi connectivity index (χ2n) is 4.84. The molecule has 4 heteroatoms. The maximum absolute atomic E-state index is 10.3. The van der Waals surface area contributed by atoms with Crippen molar-refractivity contribution in [1.29, 1.82) is 0 Å². The highest BCUT2D eigenvalue weighted by Crippen LogP contribution is 2.41. The van der Waals surface area contributed by atoms with Gasteiger partial charge in [-0.1, -0.05) is 11.6 Å². The molecule has 2 atom stereocenters. The number of halogens is 1. The van der Waals surface area contributed by atoms with Crippen LogP contribution in [0.2, 0.25) is 0 Å². The van der Waals surface area contributed by atoms with Crippen LogP contribution in [0.25, 0.3) is 0 Å². The van der Waals surface area contributed by atoms with Crippen LogP contribution in [-0.2, 0) is 0 Å². The number of aryl methyl sites for hydroxylation is 1. The summed E-state index contributed by atoms with van der Waals surface area (Å²) in [4.78, 5) is 4.15. The summed E-state index contributed by atoms with van der Waals surface area (Å²) >= 11 is 3.40. The van der Waals surface area contributed by atoms with Crippen LogP contribution in [0.15, 0.2) is 41.1 Å². The largest absolute Gasteiger partial charge is 0.485 e. The lowest BCUT2D eigenvalue weighted by atomic mass is 9.95. The lowest BCUT2D eigenvalue weighted by Gasteiger charge is -2.30. The van der Waals surface area contributed by atoms with Gasteiger partial charge in [0, 0.05) is 34.4 Å². The van der Waals surface area contributed by atoms with Crippen LogP contribution >= 0.6 is 15.9 Å². The first-order valence-corrected chi connectivity index (χ1v) is 6.98. The SMILES string of the molecule is Cc1ccc2c(c1)C(O)CC(c1cncc(Br)c1)O2. The molecule has 3 nitrogen and oxygen atoms in total. The minimum atomic E-state index is -0.493. The lowest BCUT2D eigenvalue weighted by Crippen LogP contribution is -2.19. The molecule has 19 heavy (non-hydrogen) atoms. The molecule has 0 fully saturated rings. The van der Waals surface area contributed by atoms with Crippen molar-refractivity contribution in [2.45, 2.75) is 25.6 Å². The number of hydrogen-bond acceptors (Lipinski definition) is 3. The maximum atomic E-state index is 10.3. The van der Waals surface area contributed by atoms with Gasteiger partial charge in [0.05, 0.1) is 6.10 Å². The van der Waals surface area contributed by atoms with Gasteiger partial charge in [0.2, 0.25) is 0 Å². The zero-order valence-corrected chi connectivity index (χ0v) is 12.1. The van der Waals surface area contributed by atoms with E-state index in [0.717, 1.165) is 26.9 Å². The van der Waals surface area contributed by atoms with Gasteiger partial charge in [-0.15, -0.1) is 0 Å². The summed E-state index contributed by atoms with van der Waals surface area (Å²) in [5.74, 6) is 0.759. The Morgan fingerprint density at radius 1 is 1.32 bits per heavy atom. The zero-order chi connectivity index (χ0) is 13.4. The Morgan fingerprint density at radius 2 is 2.16 bits per heavy atom. The van der Waals surface area contributed by atoms with E-state index in [9.17, 15) is 5.11 Å². The fourth-order valence-corrected chi connectivity index (χ4v) is 2.76. The molecule has 0 bridgehead atoms. The molecule has 0 saturated heterocycles. The van der Waals surface area contributed by atoms with Crippen LogP contribution in [0.1, 0.15) is 35.3 Å². The molecule has 1 aliphatic rings. The Kier molecular flexibility index (Phi) is 3.29. The Balaban J connectivity index is 1.95. The number of rotatable bonds is 1. The first-order valence-electron chi connectivity index (χ1n) is 6.19. The van der Waals surface area contributed by atoms with Crippen LogP contribution in [-0.4, -0.2) is 10.1 Å². The number of pyridine rings is 1. The van der Waals surface area contributed by atoms with E-state index >= 15 is 0 Å². The van der Waals surface area contributed by atoms with Gasteiger partial charge < -0.3 is 9.84 Å². The molecular weight excluding hydrogens is 306 g/mol. The molecule has 1 aromatic carbocycles. The molecule has 2 unspecified atom stereocenters. The van der Waals surface area contributed by atoms with E-state index < -0.39 is 6.10 Å². The van der Waals surface area contributed by atoms with Gasteiger partial charge in [-0.2, -0.15) is 0 Å². The van der Waals surface area contributed by atoms with E-state index in [4.69, 9.17) is 4.74 Å². The number of nitrogens with zero attached hydrogens (tertiary/aromatic N) is 1. The van der Waals surface area contributed by atoms with Crippen LogP contribution in [0.3, 0.4) is 0 Å². The summed E-state index contributed by atoms with van der Waals surface area (Å²) < 4.78 is 6.89. The van der Waals surface area contributed by atoms with Crippen LogP contribution in [0, 0.1) is 6.92 Å². The van der Waals surface area contributed by atoms with Gasteiger partial charge >= 0.3 is 0 Å². The van der Waals surface area contributed by atoms with Crippen LogP contribution in [0.5, 0.6) is 5.75 Å². The molecule has 3 rings (SSSR count). The Hall–Kier alpha value is -1.39.